The summed E-state index contributed by atoms with van der Waals surface area (Å²) in [6.07, 6.45) is 2.95. The van der Waals surface area contributed by atoms with Gasteiger partial charge in [0.25, 0.3) is 0 Å². The smallest absolute Gasteiger partial charge is 0.125 e. The Morgan fingerprint density at radius 1 is 1.32 bits per heavy atom. The molecule has 19 heavy (non-hydrogen) atoms. The van der Waals surface area contributed by atoms with Crippen molar-refractivity contribution in [2.24, 2.45) is 5.41 Å². The number of unbranched alkanes of at least 4 members (excludes halogenated alkanes) is 1. The SMILES string of the molecule is CCN(CCCCC(C)(C)C#N)c1cccc(F)c1. The predicted octanol–water partition coefficient (Wildman–Crippen LogP) is 4.37. The summed E-state index contributed by atoms with van der Waals surface area (Å²) in [6.45, 7) is 7.78. The van der Waals surface area contributed by atoms with Gasteiger partial charge < -0.3 is 4.90 Å². The molecule has 0 unspecified atom stereocenters. The first-order valence-electron chi connectivity index (χ1n) is 6.90. The second-order valence-corrected chi connectivity index (χ2v) is 5.51. The Morgan fingerprint density at radius 2 is 2.05 bits per heavy atom. The van der Waals surface area contributed by atoms with Crippen LogP contribution in [0.1, 0.15) is 40.0 Å². The molecule has 0 spiro atoms. The van der Waals surface area contributed by atoms with Gasteiger partial charge in [-0.15, -0.1) is 0 Å². The molecule has 0 N–H and O–H groups in total. The number of anilines is 1. The first kappa shape index (κ1) is 15.5. The second-order valence-electron chi connectivity index (χ2n) is 5.51. The van der Waals surface area contributed by atoms with Crippen molar-refractivity contribution in [3.8, 4) is 6.07 Å². The van der Waals surface area contributed by atoms with E-state index in [4.69, 9.17) is 5.26 Å². The quantitative estimate of drug-likeness (QED) is 0.682. The summed E-state index contributed by atoms with van der Waals surface area (Å²) in [5, 5.41) is 8.96. The van der Waals surface area contributed by atoms with E-state index in [2.05, 4.69) is 17.9 Å². The number of hydrogen-bond donors (Lipinski definition) is 0. The Bertz CT molecular complexity index is 435. The lowest BCUT2D eigenvalue weighted by molar-refractivity contribution is 0.427. The third kappa shape index (κ3) is 5.30. The lowest BCUT2D eigenvalue weighted by Crippen LogP contribution is -2.24. The topological polar surface area (TPSA) is 27.0 Å². The average molecular weight is 262 g/mol. The Balaban J connectivity index is 2.44. The Hall–Kier alpha value is -1.56. The fourth-order valence-electron chi connectivity index (χ4n) is 2.07. The minimum atomic E-state index is -0.240. The zero-order chi connectivity index (χ0) is 14.3. The maximum Gasteiger partial charge on any atom is 0.125 e. The van der Waals surface area contributed by atoms with Crippen molar-refractivity contribution in [1.29, 1.82) is 5.26 Å². The fraction of sp³-hybridized carbons (Fsp3) is 0.562. The third-order valence-corrected chi connectivity index (χ3v) is 3.34. The van der Waals surface area contributed by atoms with E-state index in [0.717, 1.165) is 38.0 Å². The molecule has 1 rings (SSSR count). The number of hydrogen-bond acceptors (Lipinski definition) is 2. The standard InChI is InChI=1S/C16H23FN2/c1-4-19(15-9-7-8-14(17)12-15)11-6-5-10-16(2,3)13-18/h7-9,12H,4-6,10-11H2,1-3H3. The molecule has 104 valence electrons. The highest BCUT2D eigenvalue weighted by Crippen LogP contribution is 2.22. The summed E-state index contributed by atoms with van der Waals surface area (Å²) >= 11 is 0. The predicted molar refractivity (Wildman–Crippen MR) is 77.5 cm³/mol. The van der Waals surface area contributed by atoms with Gasteiger partial charge in [0.1, 0.15) is 5.82 Å². The van der Waals surface area contributed by atoms with Crippen LogP contribution in [0.5, 0.6) is 0 Å². The number of nitriles is 1. The van der Waals surface area contributed by atoms with Gasteiger partial charge in [0.2, 0.25) is 0 Å². The molecule has 0 aromatic heterocycles. The van der Waals surface area contributed by atoms with Crippen molar-refractivity contribution in [2.75, 3.05) is 18.0 Å². The van der Waals surface area contributed by atoms with E-state index in [1.54, 1.807) is 12.1 Å². The Kier molecular flexibility index (Phi) is 5.82. The largest absolute Gasteiger partial charge is 0.372 e. The normalized spacial score (nSPS) is 11.1. The summed E-state index contributed by atoms with van der Waals surface area (Å²) in [5.41, 5.74) is 0.692. The van der Waals surface area contributed by atoms with Crippen LogP contribution in [0.25, 0.3) is 0 Å². The summed E-state index contributed by atoms with van der Waals surface area (Å²) in [7, 11) is 0. The Labute approximate surface area is 115 Å². The van der Waals surface area contributed by atoms with Crippen molar-refractivity contribution in [2.45, 2.75) is 40.0 Å². The zero-order valence-electron chi connectivity index (χ0n) is 12.1. The van der Waals surface area contributed by atoms with Crippen molar-refractivity contribution in [1.82, 2.24) is 0 Å². The number of benzene rings is 1. The van der Waals surface area contributed by atoms with E-state index in [1.165, 1.54) is 6.07 Å². The van der Waals surface area contributed by atoms with E-state index in [9.17, 15) is 4.39 Å². The minimum absolute atomic E-state index is 0.193. The molecule has 0 amide bonds. The average Bonchev–Trinajstić information content (AvgIpc) is 2.39. The summed E-state index contributed by atoms with van der Waals surface area (Å²) < 4.78 is 13.2. The van der Waals surface area contributed by atoms with Crippen molar-refractivity contribution >= 4 is 5.69 Å². The van der Waals surface area contributed by atoms with Gasteiger partial charge in [-0.25, -0.2) is 4.39 Å². The van der Waals surface area contributed by atoms with E-state index >= 15 is 0 Å². The van der Waals surface area contributed by atoms with Crippen LogP contribution in [0.15, 0.2) is 24.3 Å². The van der Waals surface area contributed by atoms with Gasteiger partial charge in [-0.2, -0.15) is 5.26 Å². The molecule has 0 atom stereocenters. The van der Waals surface area contributed by atoms with Crippen LogP contribution in [0.2, 0.25) is 0 Å². The van der Waals surface area contributed by atoms with Gasteiger partial charge in [0.15, 0.2) is 0 Å². The number of nitrogens with zero attached hydrogens (tertiary/aromatic N) is 2. The van der Waals surface area contributed by atoms with Gasteiger partial charge in [0.05, 0.1) is 11.5 Å². The van der Waals surface area contributed by atoms with Crippen LogP contribution >= 0.6 is 0 Å². The van der Waals surface area contributed by atoms with Gasteiger partial charge in [-0.05, 0) is 51.8 Å². The highest BCUT2D eigenvalue weighted by molar-refractivity contribution is 5.46. The molecule has 0 saturated heterocycles. The Morgan fingerprint density at radius 3 is 2.63 bits per heavy atom. The molecule has 3 heteroatoms. The van der Waals surface area contributed by atoms with Crippen molar-refractivity contribution in [3.05, 3.63) is 30.1 Å². The van der Waals surface area contributed by atoms with Crippen molar-refractivity contribution < 1.29 is 4.39 Å². The van der Waals surface area contributed by atoms with Crippen LogP contribution in [-0.2, 0) is 0 Å². The molecule has 0 aliphatic carbocycles. The molecule has 0 bridgehead atoms. The third-order valence-electron chi connectivity index (χ3n) is 3.34. The van der Waals surface area contributed by atoms with Crippen LogP contribution in [-0.4, -0.2) is 13.1 Å². The molecule has 0 heterocycles. The monoisotopic (exact) mass is 262 g/mol. The minimum Gasteiger partial charge on any atom is -0.372 e. The second kappa shape index (κ2) is 7.13. The molecule has 1 aromatic carbocycles. The molecular formula is C16H23FN2. The summed E-state index contributed by atoms with van der Waals surface area (Å²) in [5.74, 6) is -0.193. The molecule has 1 aromatic rings. The van der Waals surface area contributed by atoms with Gasteiger partial charge in [0, 0.05) is 18.8 Å². The van der Waals surface area contributed by atoms with E-state index in [0.29, 0.717) is 0 Å². The van der Waals surface area contributed by atoms with E-state index in [-0.39, 0.29) is 11.2 Å². The first-order chi connectivity index (χ1) is 8.98. The maximum atomic E-state index is 13.2. The maximum absolute atomic E-state index is 13.2. The van der Waals surface area contributed by atoms with E-state index < -0.39 is 0 Å². The fourth-order valence-corrected chi connectivity index (χ4v) is 2.07. The summed E-state index contributed by atoms with van der Waals surface area (Å²) in [4.78, 5) is 2.17. The van der Waals surface area contributed by atoms with Crippen molar-refractivity contribution in [3.63, 3.8) is 0 Å². The molecule has 0 radical (unpaired) electrons. The van der Waals surface area contributed by atoms with Crippen LogP contribution < -0.4 is 4.90 Å². The van der Waals surface area contributed by atoms with Crippen LogP contribution in [0, 0.1) is 22.6 Å². The highest BCUT2D eigenvalue weighted by atomic mass is 19.1. The molecule has 0 fully saturated rings. The van der Waals surface area contributed by atoms with Gasteiger partial charge >= 0.3 is 0 Å². The molecule has 0 aliphatic rings. The molecular weight excluding hydrogens is 239 g/mol. The number of rotatable bonds is 7. The van der Waals surface area contributed by atoms with Gasteiger partial charge in [-0.3, -0.25) is 0 Å². The summed E-state index contributed by atoms with van der Waals surface area (Å²) in [6, 6.07) is 9.04. The molecule has 0 aliphatic heterocycles. The zero-order valence-corrected chi connectivity index (χ0v) is 12.1. The van der Waals surface area contributed by atoms with E-state index in [1.807, 2.05) is 19.9 Å². The highest BCUT2D eigenvalue weighted by Gasteiger charge is 2.15. The van der Waals surface area contributed by atoms with Gasteiger partial charge in [-0.1, -0.05) is 12.5 Å². The first-order valence-corrected chi connectivity index (χ1v) is 6.90. The molecule has 0 saturated carbocycles. The lowest BCUT2D eigenvalue weighted by atomic mass is 9.89. The van der Waals surface area contributed by atoms with Crippen LogP contribution in [0.3, 0.4) is 0 Å². The molecule has 2 nitrogen and oxygen atoms in total. The lowest BCUT2D eigenvalue weighted by Gasteiger charge is -2.24. The number of halogens is 1. The van der Waals surface area contributed by atoms with Crippen LogP contribution in [0.4, 0.5) is 10.1 Å².